The second-order valence-corrected chi connectivity index (χ2v) is 7.93. The zero-order chi connectivity index (χ0) is 20.2. The molecular formula is C23H23N3O2S. The van der Waals surface area contributed by atoms with Crippen molar-refractivity contribution in [3.05, 3.63) is 60.3 Å². The van der Waals surface area contributed by atoms with Crippen LogP contribution in [0.1, 0.15) is 43.5 Å². The van der Waals surface area contributed by atoms with Gasteiger partial charge in [-0.15, -0.1) is 0 Å². The molecule has 2 aromatic carbocycles. The van der Waals surface area contributed by atoms with Gasteiger partial charge in [-0.2, -0.15) is 5.10 Å². The minimum Gasteiger partial charge on any atom is -0.494 e. The zero-order valence-electron chi connectivity index (χ0n) is 16.6. The van der Waals surface area contributed by atoms with E-state index in [2.05, 4.69) is 17.0 Å². The Morgan fingerprint density at radius 3 is 2.41 bits per heavy atom. The summed E-state index contributed by atoms with van der Waals surface area (Å²) in [6.45, 7) is 4.51. The lowest BCUT2D eigenvalue weighted by Crippen LogP contribution is -1.96. The van der Waals surface area contributed by atoms with Crippen molar-refractivity contribution in [2.45, 2.75) is 33.1 Å². The molecule has 6 heteroatoms. The van der Waals surface area contributed by atoms with Gasteiger partial charge >= 0.3 is 0 Å². The maximum atomic E-state index is 11.4. The number of nitrogens with zero attached hydrogens (tertiary/aromatic N) is 3. The summed E-state index contributed by atoms with van der Waals surface area (Å²) in [6, 6.07) is 15.6. The highest BCUT2D eigenvalue weighted by Crippen LogP contribution is 2.29. The highest BCUT2D eigenvalue weighted by Gasteiger charge is 2.12. The maximum absolute atomic E-state index is 11.4. The molecule has 0 N–H and O–H groups in total. The van der Waals surface area contributed by atoms with Crippen molar-refractivity contribution in [1.82, 2.24) is 14.6 Å². The SMILES string of the molecule is CCCCCOc1ccc(-c2nn3cc(-c4ccc(C(C)=O)cc4)nc3s2)cc1. The standard InChI is InChI=1S/C23H23N3O2S/c1-3-4-5-14-28-20-12-10-19(11-13-20)22-25-26-15-21(24-23(26)29-22)18-8-6-17(7-9-18)16(2)27/h6-13,15H,3-5,14H2,1-2H3. The lowest BCUT2D eigenvalue weighted by molar-refractivity contribution is 0.101. The van der Waals surface area contributed by atoms with Crippen molar-refractivity contribution in [3.8, 4) is 27.6 Å². The molecule has 4 aromatic rings. The number of aromatic nitrogens is 3. The monoisotopic (exact) mass is 405 g/mol. The molecule has 29 heavy (non-hydrogen) atoms. The van der Waals surface area contributed by atoms with Crippen molar-refractivity contribution in [1.29, 1.82) is 0 Å². The van der Waals surface area contributed by atoms with E-state index in [4.69, 9.17) is 4.74 Å². The fourth-order valence-electron chi connectivity index (χ4n) is 3.07. The first-order valence-electron chi connectivity index (χ1n) is 9.85. The van der Waals surface area contributed by atoms with E-state index in [1.807, 2.05) is 59.2 Å². The third kappa shape index (κ3) is 4.38. The van der Waals surface area contributed by atoms with Gasteiger partial charge in [-0.3, -0.25) is 4.79 Å². The number of ketones is 1. The van der Waals surface area contributed by atoms with E-state index < -0.39 is 0 Å². The molecule has 4 rings (SSSR count). The van der Waals surface area contributed by atoms with Gasteiger partial charge in [0.05, 0.1) is 18.5 Å². The van der Waals surface area contributed by atoms with E-state index in [1.165, 1.54) is 12.8 Å². The summed E-state index contributed by atoms with van der Waals surface area (Å²) in [7, 11) is 0. The Bertz CT molecular complexity index is 1080. The van der Waals surface area contributed by atoms with Gasteiger partial charge in [-0.25, -0.2) is 9.50 Å². The summed E-state index contributed by atoms with van der Waals surface area (Å²) in [6.07, 6.45) is 5.39. The third-order valence-electron chi connectivity index (χ3n) is 4.75. The van der Waals surface area contributed by atoms with Crippen molar-refractivity contribution in [3.63, 3.8) is 0 Å². The van der Waals surface area contributed by atoms with E-state index >= 15 is 0 Å². The molecule has 0 aliphatic rings. The van der Waals surface area contributed by atoms with Crippen LogP contribution in [0, 0.1) is 0 Å². The van der Waals surface area contributed by atoms with Gasteiger partial charge in [0.2, 0.25) is 4.96 Å². The van der Waals surface area contributed by atoms with Crippen molar-refractivity contribution >= 4 is 22.1 Å². The number of benzene rings is 2. The number of imidazole rings is 1. The van der Waals surface area contributed by atoms with E-state index in [0.717, 1.165) is 45.6 Å². The highest BCUT2D eigenvalue weighted by molar-refractivity contribution is 7.19. The number of unbranched alkanes of at least 4 members (excludes halogenated alkanes) is 2. The molecule has 0 aliphatic carbocycles. The number of fused-ring (bicyclic) bond motifs is 1. The minimum absolute atomic E-state index is 0.0612. The summed E-state index contributed by atoms with van der Waals surface area (Å²) >= 11 is 1.55. The first-order valence-corrected chi connectivity index (χ1v) is 10.7. The van der Waals surface area contributed by atoms with Crippen LogP contribution in [0.25, 0.3) is 26.8 Å². The largest absolute Gasteiger partial charge is 0.494 e. The van der Waals surface area contributed by atoms with Crippen LogP contribution in [0.2, 0.25) is 0 Å². The highest BCUT2D eigenvalue weighted by atomic mass is 32.1. The molecule has 0 unspecified atom stereocenters. The molecule has 148 valence electrons. The predicted octanol–water partition coefficient (Wildman–Crippen LogP) is 5.90. The zero-order valence-corrected chi connectivity index (χ0v) is 17.4. The first kappa shape index (κ1) is 19.3. The molecule has 2 heterocycles. The Morgan fingerprint density at radius 2 is 1.76 bits per heavy atom. The van der Waals surface area contributed by atoms with Gasteiger partial charge in [0, 0.05) is 16.7 Å². The molecule has 0 bridgehead atoms. The summed E-state index contributed by atoms with van der Waals surface area (Å²) in [5, 5.41) is 5.59. The van der Waals surface area contributed by atoms with Gasteiger partial charge < -0.3 is 4.74 Å². The quantitative estimate of drug-likeness (QED) is 0.271. The fourth-order valence-corrected chi connectivity index (χ4v) is 3.95. The van der Waals surface area contributed by atoms with Crippen LogP contribution in [0.15, 0.2) is 54.7 Å². The van der Waals surface area contributed by atoms with E-state index in [1.54, 1.807) is 18.3 Å². The Balaban J connectivity index is 1.48. The molecule has 0 atom stereocenters. The van der Waals surface area contributed by atoms with Gasteiger partial charge in [-0.1, -0.05) is 55.4 Å². The minimum atomic E-state index is 0.0612. The first-order chi connectivity index (χ1) is 14.1. The normalized spacial score (nSPS) is 11.1. The summed E-state index contributed by atoms with van der Waals surface area (Å²) in [5.41, 5.74) is 3.57. The summed E-state index contributed by atoms with van der Waals surface area (Å²) in [5.74, 6) is 0.952. The van der Waals surface area contributed by atoms with Crippen molar-refractivity contribution in [2.24, 2.45) is 0 Å². The molecule has 2 aromatic heterocycles. The van der Waals surface area contributed by atoms with Crippen LogP contribution in [0.4, 0.5) is 0 Å². The molecule has 5 nitrogen and oxygen atoms in total. The number of Topliss-reactive ketones (excluding diaryl/α,β-unsaturated/α-hetero) is 1. The molecule has 0 aliphatic heterocycles. The van der Waals surface area contributed by atoms with Crippen molar-refractivity contribution < 1.29 is 9.53 Å². The van der Waals surface area contributed by atoms with E-state index in [9.17, 15) is 4.79 Å². The fraction of sp³-hybridized carbons (Fsp3) is 0.261. The lowest BCUT2D eigenvalue weighted by Gasteiger charge is -2.05. The van der Waals surface area contributed by atoms with Gasteiger partial charge in [-0.05, 0) is 37.6 Å². The topological polar surface area (TPSA) is 56.5 Å². The number of hydrogen-bond acceptors (Lipinski definition) is 5. The number of rotatable bonds is 8. The van der Waals surface area contributed by atoms with E-state index in [0.29, 0.717) is 5.56 Å². The number of hydrogen-bond donors (Lipinski definition) is 0. The van der Waals surface area contributed by atoms with Crippen molar-refractivity contribution in [2.75, 3.05) is 6.61 Å². The third-order valence-corrected chi connectivity index (χ3v) is 5.72. The molecular weight excluding hydrogens is 382 g/mol. The van der Waals surface area contributed by atoms with Gasteiger partial charge in [0.25, 0.3) is 0 Å². The molecule has 0 radical (unpaired) electrons. The van der Waals surface area contributed by atoms with Gasteiger partial charge in [0.15, 0.2) is 5.78 Å². The van der Waals surface area contributed by atoms with Crippen LogP contribution >= 0.6 is 11.3 Å². The number of carbonyl (C=O) groups excluding carboxylic acids is 1. The van der Waals surface area contributed by atoms with Crippen LogP contribution in [0.5, 0.6) is 5.75 Å². The summed E-state index contributed by atoms with van der Waals surface area (Å²) < 4.78 is 7.58. The Morgan fingerprint density at radius 1 is 1.03 bits per heavy atom. The van der Waals surface area contributed by atoms with Crippen LogP contribution in [-0.2, 0) is 0 Å². The predicted molar refractivity (Wildman–Crippen MR) is 117 cm³/mol. The second kappa shape index (κ2) is 8.57. The Labute approximate surface area is 174 Å². The lowest BCUT2D eigenvalue weighted by atomic mass is 10.1. The molecule has 0 amide bonds. The summed E-state index contributed by atoms with van der Waals surface area (Å²) in [4.78, 5) is 17.0. The molecule has 0 saturated heterocycles. The molecule has 0 fully saturated rings. The van der Waals surface area contributed by atoms with E-state index in [-0.39, 0.29) is 5.78 Å². The maximum Gasteiger partial charge on any atom is 0.213 e. The number of carbonyl (C=O) groups is 1. The molecule has 0 saturated carbocycles. The second-order valence-electron chi connectivity index (χ2n) is 6.97. The van der Waals surface area contributed by atoms with Gasteiger partial charge in [0.1, 0.15) is 10.8 Å². The number of ether oxygens (including phenoxy) is 1. The molecule has 0 spiro atoms. The smallest absolute Gasteiger partial charge is 0.213 e. The van der Waals surface area contributed by atoms with Crippen LogP contribution in [-0.4, -0.2) is 27.0 Å². The Kier molecular flexibility index (Phi) is 5.71. The Hall–Kier alpha value is -2.99. The average Bonchev–Trinajstić information content (AvgIpc) is 3.31. The van der Waals surface area contributed by atoms with Crippen LogP contribution < -0.4 is 4.74 Å². The average molecular weight is 406 g/mol. The van der Waals surface area contributed by atoms with Crippen LogP contribution in [0.3, 0.4) is 0 Å².